The first-order valence-corrected chi connectivity index (χ1v) is 8.47. The third-order valence-electron chi connectivity index (χ3n) is 4.23. The topological polar surface area (TPSA) is 70.1 Å². The first kappa shape index (κ1) is 19.5. The zero-order valence-corrected chi connectivity index (χ0v) is 15.0. The third kappa shape index (κ3) is 4.33. The van der Waals surface area contributed by atoms with Crippen LogP contribution in [-0.4, -0.2) is 22.8 Å². The standard InChI is InChI=1S/C20H18F3N3O2/c1-28-16-9-7-15(8-10-16)26-17(12-18(25-26)20(21,22)23)14-5-2-13(3-6-14)4-11-19(24)27/h2-3,5-10,12H,4,11H2,1H3,(H2,24,27). The maximum atomic E-state index is 13.2. The van der Waals surface area contributed by atoms with E-state index in [-0.39, 0.29) is 6.42 Å². The highest BCUT2D eigenvalue weighted by Gasteiger charge is 2.35. The molecule has 8 heteroatoms. The van der Waals surface area contributed by atoms with Crippen molar-refractivity contribution >= 4 is 5.91 Å². The maximum absolute atomic E-state index is 13.2. The number of hydrogen-bond acceptors (Lipinski definition) is 3. The molecule has 0 saturated heterocycles. The average molecular weight is 389 g/mol. The van der Waals surface area contributed by atoms with E-state index in [2.05, 4.69) is 5.10 Å². The molecule has 1 heterocycles. The molecule has 28 heavy (non-hydrogen) atoms. The maximum Gasteiger partial charge on any atom is 0.435 e. The Labute approximate surface area is 159 Å². The lowest BCUT2D eigenvalue weighted by atomic mass is 10.0. The fourth-order valence-electron chi connectivity index (χ4n) is 2.76. The van der Waals surface area contributed by atoms with E-state index in [1.165, 1.54) is 11.8 Å². The summed E-state index contributed by atoms with van der Waals surface area (Å²) in [5.74, 6) is 0.184. The van der Waals surface area contributed by atoms with Crippen LogP contribution in [0, 0.1) is 0 Å². The second-order valence-corrected chi connectivity index (χ2v) is 6.19. The molecule has 0 bridgehead atoms. The number of ether oxygens (including phenoxy) is 1. The summed E-state index contributed by atoms with van der Waals surface area (Å²) in [5.41, 5.74) is 6.39. The van der Waals surface area contributed by atoms with Gasteiger partial charge >= 0.3 is 6.18 Å². The molecule has 1 amide bonds. The number of hydrogen-bond donors (Lipinski definition) is 1. The van der Waals surface area contributed by atoms with Crippen LogP contribution in [-0.2, 0) is 17.4 Å². The third-order valence-corrected chi connectivity index (χ3v) is 4.23. The van der Waals surface area contributed by atoms with Crippen LogP contribution in [0.25, 0.3) is 16.9 Å². The van der Waals surface area contributed by atoms with Crippen LogP contribution in [0.4, 0.5) is 13.2 Å². The summed E-state index contributed by atoms with van der Waals surface area (Å²) < 4.78 is 46.0. The van der Waals surface area contributed by atoms with Gasteiger partial charge in [-0.1, -0.05) is 24.3 Å². The van der Waals surface area contributed by atoms with Gasteiger partial charge in [-0.05, 0) is 42.3 Å². The van der Waals surface area contributed by atoms with Crippen LogP contribution < -0.4 is 10.5 Å². The van der Waals surface area contributed by atoms with Gasteiger partial charge in [0.2, 0.25) is 5.91 Å². The molecule has 0 aliphatic heterocycles. The molecule has 2 N–H and O–H groups in total. The molecule has 0 aliphatic rings. The van der Waals surface area contributed by atoms with Crippen LogP contribution in [0.5, 0.6) is 5.75 Å². The molecule has 3 aromatic rings. The minimum absolute atomic E-state index is 0.210. The molecule has 0 spiro atoms. The first-order valence-electron chi connectivity index (χ1n) is 8.47. The molecule has 1 aromatic heterocycles. The van der Waals surface area contributed by atoms with E-state index in [9.17, 15) is 18.0 Å². The molecule has 2 aromatic carbocycles. The van der Waals surface area contributed by atoms with Gasteiger partial charge < -0.3 is 10.5 Å². The summed E-state index contributed by atoms with van der Waals surface area (Å²) >= 11 is 0. The first-order chi connectivity index (χ1) is 13.3. The van der Waals surface area contributed by atoms with Crippen LogP contribution in [0.3, 0.4) is 0 Å². The number of carbonyl (C=O) groups excluding carboxylic acids is 1. The molecular weight excluding hydrogens is 371 g/mol. The molecule has 0 unspecified atom stereocenters. The van der Waals surface area contributed by atoms with E-state index in [1.54, 1.807) is 48.5 Å². The highest BCUT2D eigenvalue weighted by atomic mass is 19.4. The Morgan fingerprint density at radius 1 is 1.11 bits per heavy atom. The molecule has 0 radical (unpaired) electrons. The van der Waals surface area contributed by atoms with Gasteiger partial charge in [-0.3, -0.25) is 4.79 Å². The van der Waals surface area contributed by atoms with Crippen molar-refractivity contribution in [3.63, 3.8) is 0 Å². The molecule has 3 rings (SSSR count). The van der Waals surface area contributed by atoms with Crippen molar-refractivity contribution in [1.82, 2.24) is 9.78 Å². The molecule has 0 saturated carbocycles. The van der Waals surface area contributed by atoms with Crippen molar-refractivity contribution in [2.75, 3.05) is 7.11 Å². The normalized spacial score (nSPS) is 11.4. The van der Waals surface area contributed by atoms with Crippen molar-refractivity contribution < 1.29 is 22.7 Å². The Bertz CT molecular complexity index is 962. The summed E-state index contributed by atoms with van der Waals surface area (Å²) in [6, 6.07) is 14.5. The lowest BCUT2D eigenvalue weighted by Crippen LogP contribution is -2.11. The van der Waals surface area contributed by atoms with Crippen molar-refractivity contribution in [2.45, 2.75) is 19.0 Å². The van der Waals surface area contributed by atoms with Crippen LogP contribution >= 0.6 is 0 Å². The molecule has 5 nitrogen and oxygen atoms in total. The second-order valence-electron chi connectivity index (χ2n) is 6.19. The minimum Gasteiger partial charge on any atom is -0.497 e. The summed E-state index contributed by atoms with van der Waals surface area (Å²) in [4.78, 5) is 10.9. The zero-order valence-electron chi connectivity index (χ0n) is 15.0. The molecule has 146 valence electrons. The number of amides is 1. The van der Waals surface area contributed by atoms with Gasteiger partial charge in [0.1, 0.15) is 5.75 Å². The van der Waals surface area contributed by atoms with Crippen molar-refractivity contribution in [1.29, 1.82) is 0 Å². The molecule has 0 aliphatic carbocycles. The number of aromatic nitrogens is 2. The number of primary amides is 1. The van der Waals surface area contributed by atoms with Gasteiger partial charge in [-0.25, -0.2) is 4.68 Å². The largest absolute Gasteiger partial charge is 0.497 e. The van der Waals surface area contributed by atoms with E-state index in [0.717, 1.165) is 11.6 Å². The Morgan fingerprint density at radius 2 is 1.75 bits per heavy atom. The smallest absolute Gasteiger partial charge is 0.435 e. The summed E-state index contributed by atoms with van der Waals surface area (Å²) in [6.45, 7) is 0. The van der Waals surface area contributed by atoms with Gasteiger partial charge in [0.25, 0.3) is 0 Å². The fourth-order valence-corrected chi connectivity index (χ4v) is 2.76. The molecule has 0 fully saturated rings. The van der Waals surface area contributed by atoms with Gasteiger partial charge in [0, 0.05) is 12.0 Å². The summed E-state index contributed by atoms with van der Waals surface area (Å²) in [6.07, 6.45) is -3.88. The predicted octanol–water partition coefficient (Wildman–Crippen LogP) is 3.98. The quantitative estimate of drug-likeness (QED) is 0.693. The Balaban J connectivity index is 2.01. The van der Waals surface area contributed by atoms with Crippen LogP contribution in [0.15, 0.2) is 54.6 Å². The fraction of sp³-hybridized carbons (Fsp3) is 0.200. The van der Waals surface area contributed by atoms with E-state index >= 15 is 0 Å². The van der Waals surface area contributed by atoms with Crippen molar-refractivity contribution in [3.8, 4) is 22.7 Å². The highest BCUT2D eigenvalue weighted by Crippen LogP contribution is 2.33. The second kappa shape index (κ2) is 7.75. The number of halogens is 3. The van der Waals surface area contributed by atoms with Gasteiger partial charge in [-0.15, -0.1) is 0 Å². The van der Waals surface area contributed by atoms with E-state index < -0.39 is 17.8 Å². The predicted molar refractivity (Wildman–Crippen MR) is 98.1 cm³/mol. The average Bonchev–Trinajstić information content (AvgIpc) is 3.13. The summed E-state index contributed by atoms with van der Waals surface area (Å²) in [5, 5.41) is 3.76. The van der Waals surface area contributed by atoms with Gasteiger partial charge in [0.05, 0.1) is 18.5 Å². The van der Waals surface area contributed by atoms with E-state index in [4.69, 9.17) is 10.5 Å². The SMILES string of the molecule is COc1ccc(-n2nc(C(F)(F)F)cc2-c2ccc(CCC(N)=O)cc2)cc1. The summed E-state index contributed by atoms with van der Waals surface area (Å²) in [7, 11) is 1.51. The van der Waals surface area contributed by atoms with E-state index in [0.29, 0.717) is 29.1 Å². The number of rotatable bonds is 6. The van der Waals surface area contributed by atoms with Crippen molar-refractivity contribution in [2.24, 2.45) is 5.73 Å². The van der Waals surface area contributed by atoms with Gasteiger partial charge in [-0.2, -0.15) is 18.3 Å². The number of nitrogens with zero attached hydrogens (tertiary/aromatic N) is 2. The van der Waals surface area contributed by atoms with Gasteiger partial charge in [0.15, 0.2) is 5.69 Å². The number of nitrogens with two attached hydrogens (primary N) is 1. The molecule has 0 atom stereocenters. The highest BCUT2D eigenvalue weighted by molar-refractivity contribution is 5.74. The van der Waals surface area contributed by atoms with E-state index in [1.807, 2.05) is 0 Å². The number of alkyl halides is 3. The Kier molecular flexibility index (Phi) is 5.39. The number of methoxy groups -OCH3 is 1. The Morgan fingerprint density at radius 3 is 2.29 bits per heavy atom. The number of aryl methyl sites for hydroxylation is 1. The lowest BCUT2D eigenvalue weighted by Gasteiger charge is -2.09. The monoisotopic (exact) mass is 389 g/mol. The van der Waals surface area contributed by atoms with Crippen LogP contribution in [0.2, 0.25) is 0 Å². The van der Waals surface area contributed by atoms with Crippen LogP contribution in [0.1, 0.15) is 17.7 Å². The van der Waals surface area contributed by atoms with Crippen molar-refractivity contribution in [3.05, 3.63) is 65.9 Å². The zero-order chi connectivity index (χ0) is 20.3. The minimum atomic E-state index is -4.56. The number of carbonyl (C=O) groups is 1. The number of benzene rings is 2. The molecular formula is C20H18F3N3O2. The Hall–Kier alpha value is -3.29. The lowest BCUT2D eigenvalue weighted by molar-refractivity contribution is -0.141.